The lowest BCUT2D eigenvalue weighted by molar-refractivity contribution is -0.196. The molecule has 0 heterocycles. The van der Waals surface area contributed by atoms with E-state index in [1.807, 2.05) is 24.3 Å². The van der Waals surface area contributed by atoms with Gasteiger partial charge < -0.3 is 15.2 Å². The molecule has 26 heavy (non-hydrogen) atoms. The van der Waals surface area contributed by atoms with Crippen molar-refractivity contribution < 1.29 is 19.4 Å². The average molecular weight is 349 g/mol. The van der Waals surface area contributed by atoms with Crippen LogP contribution in [0.5, 0.6) is 0 Å². The molecule has 3 saturated carbocycles. The zero-order valence-electron chi connectivity index (χ0n) is 14.2. The molecule has 2 aromatic carbocycles. The second-order valence-corrected chi connectivity index (χ2v) is 7.85. The van der Waals surface area contributed by atoms with Gasteiger partial charge in [0.25, 0.3) is 0 Å². The van der Waals surface area contributed by atoms with E-state index in [1.54, 1.807) is 0 Å². The summed E-state index contributed by atoms with van der Waals surface area (Å²) in [7, 11) is 0. The van der Waals surface area contributed by atoms with Gasteiger partial charge in [0.05, 0.1) is 5.41 Å². The van der Waals surface area contributed by atoms with Gasteiger partial charge >= 0.3 is 12.1 Å². The highest BCUT2D eigenvalue weighted by molar-refractivity contribution is 5.82. The molecule has 5 nitrogen and oxygen atoms in total. The van der Waals surface area contributed by atoms with Crippen molar-refractivity contribution in [2.45, 2.75) is 30.7 Å². The van der Waals surface area contributed by atoms with Gasteiger partial charge in [-0.1, -0.05) is 48.5 Å². The van der Waals surface area contributed by atoms with E-state index in [-0.39, 0.29) is 18.1 Å². The lowest BCUT2D eigenvalue weighted by Crippen LogP contribution is -2.77. The summed E-state index contributed by atoms with van der Waals surface area (Å²) in [6.45, 7) is 0.278. The number of carbonyl (C=O) groups excluding carboxylic acids is 1. The van der Waals surface area contributed by atoms with E-state index in [2.05, 4.69) is 29.6 Å². The fourth-order valence-electron chi connectivity index (χ4n) is 5.00. The number of benzene rings is 2. The summed E-state index contributed by atoms with van der Waals surface area (Å²) in [6, 6.07) is 16.4. The maximum atomic E-state index is 12.3. The molecule has 2 N–H and O–H groups in total. The molecule has 4 aliphatic carbocycles. The summed E-state index contributed by atoms with van der Waals surface area (Å²) in [4.78, 5) is 23.4. The van der Waals surface area contributed by atoms with Crippen molar-refractivity contribution in [3.63, 3.8) is 0 Å². The molecule has 0 unspecified atom stereocenters. The van der Waals surface area contributed by atoms with Gasteiger partial charge in [-0.2, -0.15) is 0 Å². The highest BCUT2D eigenvalue weighted by Crippen LogP contribution is 2.67. The Morgan fingerprint density at radius 2 is 1.54 bits per heavy atom. The van der Waals surface area contributed by atoms with Crippen molar-refractivity contribution in [1.82, 2.24) is 5.32 Å². The number of carboxylic acid groups (broad SMARTS) is 1. The van der Waals surface area contributed by atoms with Crippen LogP contribution in [0.3, 0.4) is 0 Å². The number of aliphatic carboxylic acids is 1. The van der Waals surface area contributed by atoms with Gasteiger partial charge in [0, 0.05) is 11.5 Å². The number of nitrogens with one attached hydrogen (secondary N) is 1. The first-order chi connectivity index (χ1) is 12.5. The lowest BCUT2D eigenvalue weighted by atomic mass is 9.39. The first-order valence-corrected chi connectivity index (χ1v) is 8.89. The summed E-state index contributed by atoms with van der Waals surface area (Å²) >= 11 is 0. The average Bonchev–Trinajstić information content (AvgIpc) is 2.89. The van der Waals surface area contributed by atoms with E-state index >= 15 is 0 Å². The molecule has 132 valence electrons. The fourth-order valence-corrected chi connectivity index (χ4v) is 5.00. The monoisotopic (exact) mass is 349 g/mol. The van der Waals surface area contributed by atoms with E-state index in [1.165, 1.54) is 22.3 Å². The van der Waals surface area contributed by atoms with Crippen LogP contribution in [0.15, 0.2) is 48.5 Å². The third kappa shape index (κ3) is 2.03. The SMILES string of the molecule is O=C(NC12CC(C(=O)O)(C1)C2)OCC1c2ccccc2-c2ccccc21. The molecule has 0 radical (unpaired) electrons. The largest absolute Gasteiger partial charge is 0.481 e. The number of fused-ring (bicyclic) bond motifs is 3. The number of ether oxygens (including phenoxy) is 1. The number of alkyl carbamates (subject to hydrolysis) is 1. The first-order valence-electron chi connectivity index (χ1n) is 8.89. The van der Waals surface area contributed by atoms with Gasteiger partial charge in [-0.25, -0.2) is 4.79 Å². The zero-order chi connectivity index (χ0) is 17.9. The van der Waals surface area contributed by atoms with Crippen LogP contribution in [-0.4, -0.2) is 29.3 Å². The molecule has 0 aliphatic heterocycles. The molecule has 5 heteroatoms. The van der Waals surface area contributed by atoms with Crippen molar-refractivity contribution in [2.24, 2.45) is 5.41 Å². The Labute approximate surface area is 151 Å². The highest BCUT2D eigenvalue weighted by atomic mass is 16.5. The van der Waals surface area contributed by atoms with Crippen LogP contribution in [0, 0.1) is 5.41 Å². The molecule has 2 aromatic rings. The Kier molecular flexibility index (Phi) is 3.03. The van der Waals surface area contributed by atoms with E-state index in [4.69, 9.17) is 9.84 Å². The van der Waals surface area contributed by atoms with Gasteiger partial charge in [-0.3, -0.25) is 4.79 Å². The van der Waals surface area contributed by atoms with Crippen molar-refractivity contribution in [3.05, 3.63) is 59.7 Å². The standard InChI is InChI=1S/C21H19NO4/c23-18(24)20-10-21(11-20,12-20)22-19(25)26-9-17-15-7-3-1-5-13(15)14-6-2-4-8-16(14)17/h1-8,17H,9-12H2,(H,22,25)(H,23,24). The predicted molar refractivity (Wildman–Crippen MR) is 94.9 cm³/mol. The third-order valence-corrected chi connectivity index (χ3v) is 6.19. The minimum absolute atomic E-state index is 0.0338. The van der Waals surface area contributed by atoms with Crippen LogP contribution in [0.2, 0.25) is 0 Å². The summed E-state index contributed by atoms with van der Waals surface area (Å²) in [5.74, 6) is -0.722. The highest BCUT2D eigenvalue weighted by Gasteiger charge is 2.72. The van der Waals surface area contributed by atoms with Crippen LogP contribution in [-0.2, 0) is 9.53 Å². The van der Waals surface area contributed by atoms with Gasteiger partial charge in [0.1, 0.15) is 6.61 Å². The molecule has 4 aliphatic rings. The third-order valence-electron chi connectivity index (χ3n) is 6.19. The van der Waals surface area contributed by atoms with E-state index in [0.29, 0.717) is 19.3 Å². The second-order valence-electron chi connectivity index (χ2n) is 7.85. The van der Waals surface area contributed by atoms with Crippen molar-refractivity contribution >= 4 is 12.1 Å². The van der Waals surface area contributed by atoms with Crippen molar-refractivity contribution in [1.29, 1.82) is 0 Å². The minimum atomic E-state index is -0.756. The second kappa shape index (κ2) is 5.10. The molecule has 0 aromatic heterocycles. The van der Waals surface area contributed by atoms with Gasteiger partial charge in [0.15, 0.2) is 0 Å². The van der Waals surface area contributed by atoms with Gasteiger partial charge in [-0.05, 0) is 41.5 Å². The zero-order valence-corrected chi connectivity index (χ0v) is 14.2. The van der Waals surface area contributed by atoms with E-state index < -0.39 is 17.5 Å². The smallest absolute Gasteiger partial charge is 0.407 e. The topological polar surface area (TPSA) is 75.6 Å². The maximum Gasteiger partial charge on any atom is 0.407 e. The van der Waals surface area contributed by atoms with Crippen molar-refractivity contribution in [3.8, 4) is 11.1 Å². The van der Waals surface area contributed by atoms with Crippen LogP contribution < -0.4 is 5.32 Å². The molecule has 0 spiro atoms. The maximum absolute atomic E-state index is 12.3. The number of amides is 1. The lowest BCUT2D eigenvalue weighted by Gasteiger charge is -2.67. The number of hydrogen-bond donors (Lipinski definition) is 2. The summed E-state index contributed by atoms with van der Waals surface area (Å²) < 4.78 is 5.53. The first kappa shape index (κ1) is 15.4. The molecule has 6 rings (SSSR count). The quantitative estimate of drug-likeness (QED) is 0.885. The number of hydrogen-bond acceptors (Lipinski definition) is 3. The van der Waals surface area contributed by atoms with Gasteiger partial charge in [-0.15, -0.1) is 0 Å². The molecule has 0 atom stereocenters. The predicted octanol–water partition coefficient (Wildman–Crippen LogP) is 3.53. The van der Waals surface area contributed by atoms with Crippen LogP contribution in [0.25, 0.3) is 11.1 Å². The minimum Gasteiger partial charge on any atom is -0.481 e. The molecule has 1 amide bonds. The number of rotatable bonds is 4. The molecule has 2 bridgehead atoms. The Morgan fingerprint density at radius 1 is 1.00 bits per heavy atom. The number of carbonyl (C=O) groups is 2. The van der Waals surface area contributed by atoms with Crippen molar-refractivity contribution in [2.75, 3.05) is 6.61 Å². The van der Waals surface area contributed by atoms with E-state index in [0.717, 1.165) is 0 Å². The molecular weight excluding hydrogens is 330 g/mol. The molecular formula is C21H19NO4. The normalized spacial score (nSPS) is 27.5. The molecule has 3 fully saturated rings. The Bertz CT molecular complexity index is 870. The summed E-state index contributed by atoms with van der Waals surface area (Å²) in [5, 5.41) is 12.1. The van der Waals surface area contributed by atoms with Gasteiger partial charge in [0.2, 0.25) is 0 Å². The van der Waals surface area contributed by atoms with Crippen LogP contribution in [0.1, 0.15) is 36.3 Å². The summed E-state index contributed by atoms with van der Waals surface area (Å²) in [5.41, 5.74) is 3.78. The van der Waals surface area contributed by atoms with E-state index in [9.17, 15) is 9.59 Å². The fraction of sp³-hybridized carbons (Fsp3) is 0.333. The summed E-state index contributed by atoms with van der Waals surface area (Å²) in [6.07, 6.45) is 1.09. The Balaban J connectivity index is 1.26. The number of carboxylic acids is 1. The Hall–Kier alpha value is -2.82. The van der Waals surface area contributed by atoms with Crippen LogP contribution >= 0.6 is 0 Å². The molecule has 0 saturated heterocycles. The Morgan fingerprint density at radius 3 is 2.08 bits per heavy atom. The van der Waals surface area contributed by atoms with Crippen LogP contribution in [0.4, 0.5) is 4.79 Å².